The second kappa shape index (κ2) is 5.25. The lowest BCUT2D eigenvalue weighted by Crippen LogP contribution is -2.46. The van der Waals surface area contributed by atoms with Crippen molar-refractivity contribution >= 4 is 21.9 Å². The molecule has 2 heterocycles. The lowest BCUT2D eigenvalue weighted by atomic mass is 9.92. The minimum absolute atomic E-state index is 0.103. The standard InChI is InChI=1S/C13H21BrN4O/c1-13(2,3)10-9(14)11(19)16-12(15-10)18-7-5-17(4)6-8-18/h5-8H2,1-4H3,(H,15,16,19). The van der Waals surface area contributed by atoms with Crippen LogP contribution in [0.15, 0.2) is 9.27 Å². The van der Waals surface area contributed by atoms with Crippen molar-refractivity contribution in [3.05, 3.63) is 20.5 Å². The molecule has 0 unspecified atom stereocenters. The van der Waals surface area contributed by atoms with Gasteiger partial charge in [0.1, 0.15) is 4.47 Å². The number of anilines is 1. The second-order valence-electron chi connectivity index (χ2n) is 6.09. The predicted octanol–water partition coefficient (Wildman–Crippen LogP) is 1.58. The molecular formula is C13H21BrN4O. The van der Waals surface area contributed by atoms with E-state index in [2.05, 4.69) is 63.5 Å². The zero-order valence-electron chi connectivity index (χ0n) is 12.0. The van der Waals surface area contributed by atoms with Gasteiger partial charge in [0.15, 0.2) is 0 Å². The molecule has 19 heavy (non-hydrogen) atoms. The van der Waals surface area contributed by atoms with Gasteiger partial charge in [-0.2, -0.15) is 0 Å². The molecule has 106 valence electrons. The van der Waals surface area contributed by atoms with E-state index in [1.807, 2.05) is 0 Å². The van der Waals surface area contributed by atoms with Gasteiger partial charge in [-0.05, 0) is 23.0 Å². The molecule has 0 amide bonds. The first-order valence-electron chi connectivity index (χ1n) is 6.53. The molecule has 0 bridgehead atoms. The summed E-state index contributed by atoms with van der Waals surface area (Å²) in [5, 5.41) is 0. The van der Waals surface area contributed by atoms with Crippen molar-refractivity contribution in [2.24, 2.45) is 0 Å². The van der Waals surface area contributed by atoms with Crippen molar-refractivity contribution in [3.8, 4) is 0 Å². The summed E-state index contributed by atoms with van der Waals surface area (Å²) in [6.45, 7) is 9.96. The van der Waals surface area contributed by atoms with Gasteiger partial charge < -0.3 is 9.80 Å². The molecule has 0 radical (unpaired) electrons. The molecule has 5 nitrogen and oxygen atoms in total. The number of H-pyrrole nitrogens is 1. The fourth-order valence-electron chi connectivity index (χ4n) is 2.11. The van der Waals surface area contributed by atoms with Crippen LogP contribution in [0.5, 0.6) is 0 Å². The van der Waals surface area contributed by atoms with E-state index in [0.717, 1.165) is 31.9 Å². The summed E-state index contributed by atoms with van der Waals surface area (Å²) in [6.07, 6.45) is 0. The third-order valence-corrected chi connectivity index (χ3v) is 4.10. The molecule has 2 rings (SSSR count). The number of likely N-dealkylation sites (N-methyl/N-ethyl adjacent to an activating group) is 1. The summed E-state index contributed by atoms with van der Waals surface area (Å²) in [5.41, 5.74) is 0.549. The average molecular weight is 329 g/mol. The Kier molecular flexibility index (Phi) is 4.01. The molecule has 1 aliphatic rings. The largest absolute Gasteiger partial charge is 0.340 e. The molecular weight excluding hydrogens is 308 g/mol. The van der Waals surface area contributed by atoms with Crippen LogP contribution in [0, 0.1) is 0 Å². The maximum absolute atomic E-state index is 12.0. The minimum Gasteiger partial charge on any atom is -0.340 e. The van der Waals surface area contributed by atoms with E-state index >= 15 is 0 Å². The third-order valence-electron chi connectivity index (χ3n) is 3.36. The van der Waals surface area contributed by atoms with Crippen LogP contribution in [0.3, 0.4) is 0 Å². The Balaban J connectivity index is 2.37. The Labute approximate surface area is 122 Å². The van der Waals surface area contributed by atoms with Gasteiger partial charge in [-0.25, -0.2) is 4.98 Å². The van der Waals surface area contributed by atoms with E-state index < -0.39 is 0 Å². The molecule has 0 spiro atoms. The average Bonchev–Trinajstić information content (AvgIpc) is 2.32. The molecule has 0 aromatic carbocycles. The van der Waals surface area contributed by atoms with Crippen LogP contribution in [0.4, 0.5) is 5.95 Å². The van der Waals surface area contributed by atoms with E-state index in [4.69, 9.17) is 0 Å². The quantitative estimate of drug-likeness (QED) is 0.850. The molecule has 0 atom stereocenters. The molecule has 1 saturated heterocycles. The first kappa shape index (κ1) is 14.5. The second-order valence-corrected chi connectivity index (χ2v) is 6.89. The van der Waals surface area contributed by atoms with Crippen molar-refractivity contribution in [2.45, 2.75) is 26.2 Å². The lowest BCUT2D eigenvalue weighted by Gasteiger charge is -2.33. The van der Waals surface area contributed by atoms with Crippen LogP contribution in [-0.4, -0.2) is 48.1 Å². The number of aromatic nitrogens is 2. The van der Waals surface area contributed by atoms with Gasteiger partial charge in [0.25, 0.3) is 5.56 Å². The maximum Gasteiger partial charge on any atom is 0.266 e. The van der Waals surface area contributed by atoms with Gasteiger partial charge in [0.2, 0.25) is 5.95 Å². The van der Waals surface area contributed by atoms with Crippen LogP contribution in [0.25, 0.3) is 0 Å². The predicted molar refractivity (Wildman–Crippen MR) is 81.0 cm³/mol. The number of hydrogen-bond acceptors (Lipinski definition) is 4. The summed E-state index contributed by atoms with van der Waals surface area (Å²) < 4.78 is 0.540. The lowest BCUT2D eigenvalue weighted by molar-refractivity contribution is 0.310. The zero-order valence-corrected chi connectivity index (χ0v) is 13.5. The van der Waals surface area contributed by atoms with E-state index in [-0.39, 0.29) is 11.0 Å². The van der Waals surface area contributed by atoms with Crippen LogP contribution in [-0.2, 0) is 5.41 Å². The van der Waals surface area contributed by atoms with Gasteiger partial charge in [0.05, 0.1) is 5.69 Å². The SMILES string of the molecule is CN1CCN(c2nc(C(C)(C)C)c(Br)c(=O)[nH]2)CC1. The maximum atomic E-state index is 12.0. The molecule has 1 aromatic heterocycles. The van der Waals surface area contributed by atoms with Gasteiger partial charge in [-0.1, -0.05) is 20.8 Å². The monoisotopic (exact) mass is 328 g/mol. The van der Waals surface area contributed by atoms with Gasteiger partial charge in [0, 0.05) is 31.6 Å². The van der Waals surface area contributed by atoms with Crippen molar-refractivity contribution in [2.75, 3.05) is 38.1 Å². The van der Waals surface area contributed by atoms with E-state index in [1.165, 1.54) is 0 Å². The van der Waals surface area contributed by atoms with Gasteiger partial charge in [-0.15, -0.1) is 0 Å². The van der Waals surface area contributed by atoms with Crippen LogP contribution >= 0.6 is 15.9 Å². The summed E-state index contributed by atoms with van der Waals surface area (Å²) in [7, 11) is 2.11. The Hall–Kier alpha value is -0.880. The van der Waals surface area contributed by atoms with E-state index in [9.17, 15) is 4.79 Å². The van der Waals surface area contributed by atoms with Crippen molar-refractivity contribution < 1.29 is 0 Å². The third kappa shape index (κ3) is 3.17. The highest BCUT2D eigenvalue weighted by Gasteiger charge is 2.24. The molecule has 0 aliphatic carbocycles. The summed E-state index contributed by atoms with van der Waals surface area (Å²) >= 11 is 3.35. The molecule has 0 saturated carbocycles. The highest BCUT2D eigenvalue weighted by Crippen LogP contribution is 2.26. The number of rotatable bonds is 1. The van der Waals surface area contributed by atoms with Gasteiger partial charge >= 0.3 is 0 Å². The Morgan fingerprint density at radius 1 is 1.21 bits per heavy atom. The van der Waals surface area contributed by atoms with Crippen molar-refractivity contribution in [1.82, 2.24) is 14.9 Å². The first-order chi connectivity index (χ1) is 8.79. The minimum atomic E-state index is -0.158. The number of aromatic amines is 1. The fraction of sp³-hybridized carbons (Fsp3) is 0.692. The highest BCUT2D eigenvalue weighted by atomic mass is 79.9. The first-order valence-corrected chi connectivity index (χ1v) is 7.32. The molecule has 1 N–H and O–H groups in total. The fourth-order valence-corrected chi connectivity index (χ4v) is 2.89. The van der Waals surface area contributed by atoms with Crippen molar-refractivity contribution in [1.29, 1.82) is 0 Å². The molecule has 1 aliphatic heterocycles. The Morgan fingerprint density at radius 2 is 1.79 bits per heavy atom. The summed E-state index contributed by atoms with van der Waals surface area (Å²) in [4.78, 5) is 24.0. The molecule has 6 heteroatoms. The number of halogens is 1. The van der Waals surface area contributed by atoms with Crippen molar-refractivity contribution in [3.63, 3.8) is 0 Å². The zero-order chi connectivity index (χ0) is 14.2. The van der Waals surface area contributed by atoms with Crippen LogP contribution < -0.4 is 10.5 Å². The van der Waals surface area contributed by atoms with Crippen LogP contribution in [0.1, 0.15) is 26.5 Å². The topological polar surface area (TPSA) is 52.2 Å². The summed E-state index contributed by atoms with van der Waals surface area (Å²) in [5.74, 6) is 0.686. The highest BCUT2D eigenvalue weighted by molar-refractivity contribution is 9.10. The van der Waals surface area contributed by atoms with E-state index in [0.29, 0.717) is 10.4 Å². The number of piperazine rings is 1. The smallest absolute Gasteiger partial charge is 0.266 e. The number of nitrogens with zero attached hydrogens (tertiary/aromatic N) is 3. The number of nitrogens with one attached hydrogen (secondary N) is 1. The van der Waals surface area contributed by atoms with E-state index in [1.54, 1.807) is 0 Å². The summed E-state index contributed by atoms with van der Waals surface area (Å²) in [6, 6.07) is 0. The Morgan fingerprint density at radius 3 is 2.32 bits per heavy atom. The normalized spacial score (nSPS) is 17.8. The molecule has 1 fully saturated rings. The molecule has 1 aromatic rings. The van der Waals surface area contributed by atoms with Gasteiger partial charge in [-0.3, -0.25) is 9.78 Å². The number of hydrogen-bond donors (Lipinski definition) is 1. The Bertz CT molecular complexity index is 512. The van der Waals surface area contributed by atoms with Crippen LogP contribution in [0.2, 0.25) is 0 Å².